The molecule has 0 amide bonds. The highest BCUT2D eigenvalue weighted by Crippen LogP contribution is 2.25. The highest BCUT2D eigenvalue weighted by molar-refractivity contribution is 7.89. The van der Waals surface area contributed by atoms with Gasteiger partial charge in [-0.15, -0.1) is 0 Å². The van der Waals surface area contributed by atoms with Crippen molar-refractivity contribution >= 4 is 10.0 Å². The van der Waals surface area contributed by atoms with E-state index in [1.165, 1.54) is 4.31 Å². The summed E-state index contributed by atoms with van der Waals surface area (Å²) in [6, 6.07) is 5.05. The Morgan fingerprint density at radius 1 is 1.45 bits per heavy atom. The third kappa shape index (κ3) is 2.88. The van der Waals surface area contributed by atoms with Crippen LogP contribution in [0.5, 0.6) is 0 Å². The molecule has 5 nitrogen and oxygen atoms in total. The Hall–Kier alpha value is -0.950. The normalized spacial score (nSPS) is 24.8. The Morgan fingerprint density at radius 2 is 2.15 bits per heavy atom. The van der Waals surface area contributed by atoms with E-state index in [1.54, 1.807) is 18.2 Å². The van der Waals surface area contributed by atoms with Gasteiger partial charge in [-0.05, 0) is 42.5 Å². The van der Waals surface area contributed by atoms with Crippen LogP contribution in [-0.4, -0.2) is 37.0 Å². The molecule has 1 aliphatic heterocycles. The summed E-state index contributed by atoms with van der Waals surface area (Å²) in [5.74, 6) is -0.0389. The summed E-state index contributed by atoms with van der Waals surface area (Å²) >= 11 is 0. The van der Waals surface area contributed by atoms with E-state index in [-0.39, 0.29) is 5.92 Å². The van der Waals surface area contributed by atoms with Gasteiger partial charge in [0.05, 0.1) is 11.0 Å². The van der Waals surface area contributed by atoms with Gasteiger partial charge in [-0.25, -0.2) is 8.42 Å². The second-order valence-corrected chi connectivity index (χ2v) is 7.43. The minimum atomic E-state index is -3.48. The molecule has 6 heteroatoms. The number of aliphatic hydroxyl groups excluding tert-OH is 1. The first kappa shape index (κ1) is 15.4. The molecule has 1 fully saturated rings. The molecule has 0 saturated carbocycles. The molecule has 0 radical (unpaired) electrons. The Bertz CT molecular complexity index is 586. The van der Waals surface area contributed by atoms with Crippen molar-refractivity contribution < 1.29 is 13.5 Å². The summed E-state index contributed by atoms with van der Waals surface area (Å²) in [4.78, 5) is 0.302. The summed E-state index contributed by atoms with van der Waals surface area (Å²) in [5, 5.41) is 9.71. The molecule has 1 heterocycles. The smallest absolute Gasteiger partial charge is 0.243 e. The molecule has 0 spiro atoms. The maximum Gasteiger partial charge on any atom is 0.243 e. The molecule has 2 rings (SSSR count). The highest BCUT2D eigenvalue weighted by atomic mass is 32.2. The van der Waals surface area contributed by atoms with Crippen molar-refractivity contribution in [3.8, 4) is 0 Å². The van der Waals surface area contributed by atoms with Gasteiger partial charge in [0.15, 0.2) is 0 Å². The van der Waals surface area contributed by atoms with E-state index in [2.05, 4.69) is 0 Å². The Kier molecular flexibility index (Phi) is 4.49. The average molecular weight is 298 g/mol. The predicted octanol–water partition coefficient (Wildman–Crippen LogP) is 0.845. The van der Waals surface area contributed by atoms with Gasteiger partial charge in [-0.2, -0.15) is 4.31 Å². The first-order chi connectivity index (χ1) is 9.36. The van der Waals surface area contributed by atoms with Crippen LogP contribution in [0.15, 0.2) is 23.1 Å². The van der Waals surface area contributed by atoms with Crippen molar-refractivity contribution in [3.05, 3.63) is 29.3 Å². The van der Waals surface area contributed by atoms with Crippen LogP contribution in [0.3, 0.4) is 0 Å². The SMILES string of the molecule is Cc1cc(S(=O)(=O)N2CCC(O)C(C)C2)ccc1CN. The van der Waals surface area contributed by atoms with Crippen molar-refractivity contribution in [1.82, 2.24) is 4.31 Å². The van der Waals surface area contributed by atoms with E-state index >= 15 is 0 Å². The minimum Gasteiger partial charge on any atom is -0.393 e. The fourth-order valence-electron chi connectivity index (χ4n) is 2.52. The molecular weight excluding hydrogens is 276 g/mol. The molecule has 2 atom stereocenters. The second-order valence-electron chi connectivity index (χ2n) is 5.49. The lowest BCUT2D eigenvalue weighted by atomic mass is 9.99. The van der Waals surface area contributed by atoms with Gasteiger partial charge >= 0.3 is 0 Å². The first-order valence-electron chi connectivity index (χ1n) is 6.84. The quantitative estimate of drug-likeness (QED) is 0.866. The topological polar surface area (TPSA) is 83.6 Å². The maximum absolute atomic E-state index is 12.6. The monoisotopic (exact) mass is 298 g/mol. The Labute approximate surface area is 120 Å². The van der Waals surface area contributed by atoms with Crippen LogP contribution in [0.1, 0.15) is 24.5 Å². The lowest BCUT2D eigenvalue weighted by molar-refractivity contribution is 0.0628. The Morgan fingerprint density at radius 3 is 2.70 bits per heavy atom. The highest BCUT2D eigenvalue weighted by Gasteiger charge is 2.32. The van der Waals surface area contributed by atoms with Crippen LogP contribution in [0, 0.1) is 12.8 Å². The van der Waals surface area contributed by atoms with Crippen LogP contribution in [0.25, 0.3) is 0 Å². The molecule has 1 aliphatic rings. The summed E-state index contributed by atoms with van der Waals surface area (Å²) in [6.07, 6.45) is 0.0723. The van der Waals surface area contributed by atoms with Crippen molar-refractivity contribution in [2.45, 2.75) is 37.8 Å². The molecule has 1 saturated heterocycles. The molecule has 2 unspecified atom stereocenters. The van der Waals surface area contributed by atoms with Crippen molar-refractivity contribution in [3.63, 3.8) is 0 Å². The number of benzene rings is 1. The molecular formula is C14H22N2O3S. The number of rotatable bonds is 3. The number of hydrogen-bond acceptors (Lipinski definition) is 4. The van der Waals surface area contributed by atoms with E-state index in [0.29, 0.717) is 31.0 Å². The first-order valence-corrected chi connectivity index (χ1v) is 8.28. The number of nitrogens with two attached hydrogens (primary N) is 1. The van der Waals surface area contributed by atoms with Crippen LogP contribution >= 0.6 is 0 Å². The third-order valence-corrected chi connectivity index (χ3v) is 5.86. The summed E-state index contributed by atoms with van der Waals surface area (Å²) in [5.41, 5.74) is 7.44. The van der Waals surface area contributed by atoms with Gasteiger partial charge < -0.3 is 10.8 Å². The molecule has 0 bridgehead atoms. The molecule has 3 N–H and O–H groups in total. The maximum atomic E-state index is 12.6. The van der Waals surface area contributed by atoms with Gasteiger partial charge in [0, 0.05) is 19.6 Å². The van der Waals surface area contributed by atoms with Gasteiger partial charge in [0.25, 0.3) is 0 Å². The average Bonchev–Trinajstić information content (AvgIpc) is 2.41. The number of piperidine rings is 1. The second kappa shape index (κ2) is 5.81. The molecule has 1 aromatic rings. The molecule has 1 aromatic carbocycles. The zero-order valence-corrected chi connectivity index (χ0v) is 12.7. The number of hydrogen-bond donors (Lipinski definition) is 2. The van der Waals surface area contributed by atoms with E-state index < -0.39 is 16.1 Å². The number of sulfonamides is 1. The largest absolute Gasteiger partial charge is 0.393 e. The third-order valence-electron chi connectivity index (χ3n) is 3.99. The number of aliphatic hydroxyl groups is 1. The number of nitrogens with zero attached hydrogens (tertiary/aromatic N) is 1. The zero-order chi connectivity index (χ0) is 14.9. The van der Waals surface area contributed by atoms with Gasteiger partial charge in [-0.3, -0.25) is 0 Å². The molecule has 0 aliphatic carbocycles. The fourth-order valence-corrected chi connectivity index (χ4v) is 4.16. The van der Waals surface area contributed by atoms with Gasteiger partial charge in [0.1, 0.15) is 0 Å². The van der Waals surface area contributed by atoms with Crippen LogP contribution in [-0.2, 0) is 16.6 Å². The van der Waals surface area contributed by atoms with Gasteiger partial charge in [-0.1, -0.05) is 13.0 Å². The minimum absolute atomic E-state index is 0.0389. The summed E-state index contributed by atoms with van der Waals surface area (Å²) in [7, 11) is -3.48. The zero-order valence-electron chi connectivity index (χ0n) is 11.9. The van der Waals surface area contributed by atoms with Crippen molar-refractivity contribution in [2.24, 2.45) is 11.7 Å². The van der Waals surface area contributed by atoms with Crippen molar-refractivity contribution in [2.75, 3.05) is 13.1 Å². The van der Waals surface area contributed by atoms with E-state index in [0.717, 1.165) is 11.1 Å². The standard InChI is InChI=1S/C14H22N2O3S/c1-10-7-13(4-3-12(10)8-15)20(18,19)16-6-5-14(17)11(2)9-16/h3-4,7,11,14,17H,5-6,8-9,15H2,1-2H3. The Balaban J connectivity index is 2.29. The molecule has 20 heavy (non-hydrogen) atoms. The predicted molar refractivity (Wildman–Crippen MR) is 77.6 cm³/mol. The fraction of sp³-hybridized carbons (Fsp3) is 0.571. The van der Waals surface area contributed by atoms with E-state index in [9.17, 15) is 13.5 Å². The lowest BCUT2D eigenvalue weighted by Gasteiger charge is -2.33. The van der Waals surface area contributed by atoms with Crippen LogP contribution < -0.4 is 5.73 Å². The van der Waals surface area contributed by atoms with Crippen LogP contribution in [0.2, 0.25) is 0 Å². The van der Waals surface area contributed by atoms with Gasteiger partial charge in [0.2, 0.25) is 10.0 Å². The summed E-state index contributed by atoms with van der Waals surface area (Å²) in [6.45, 7) is 4.87. The van der Waals surface area contributed by atoms with E-state index in [1.807, 2.05) is 13.8 Å². The van der Waals surface area contributed by atoms with Crippen molar-refractivity contribution in [1.29, 1.82) is 0 Å². The molecule has 112 valence electrons. The summed E-state index contributed by atoms with van der Waals surface area (Å²) < 4.78 is 26.7. The van der Waals surface area contributed by atoms with Crippen LogP contribution in [0.4, 0.5) is 0 Å². The molecule has 0 aromatic heterocycles. The van der Waals surface area contributed by atoms with E-state index in [4.69, 9.17) is 5.73 Å². The lowest BCUT2D eigenvalue weighted by Crippen LogP contribution is -2.44. The number of aryl methyl sites for hydroxylation is 1.